The van der Waals surface area contributed by atoms with Crippen LogP contribution in [0.4, 0.5) is 26.3 Å². The Kier molecular flexibility index (Phi) is 6.02. The first kappa shape index (κ1) is 23.6. The van der Waals surface area contributed by atoms with E-state index in [1.807, 2.05) is 24.3 Å². The number of aryl methyl sites for hydroxylation is 2. The molecule has 0 saturated heterocycles. The van der Waals surface area contributed by atoms with Crippen LogP contribution in [0.15, 0.2) is 84.9 Å². The molecule has 0 atom stereocenters. The molecular formula is C28H20F6. The largest absolute Gasteiger partial charge is 0.416 e. The highest BCUT2D eigenvalue weighted by molar-refractivity contribution is 5.74. The minimum Gasteiger partial charge on any atom is -0.166 e. The van der Waals surface area contributed by atoms with E-state index >= 15 is 0 Å². The highest BCUT2D eigenvalue weighted by Gasteiger charge is 2.31. The molecule has 0 amide bonds. The molecule has 0 aliphatic carbocycles. The van der Waals surface area contributed by atoms with Gasteiger partial charge in [0.05, 0.1) is 11.1 Å². The Labute approximate surface area is 193 Å². The van der Waals surface area contributed by atoms with Gasteiger partial charge in [-0.15, -0.1) is 0 Å². The average Bonchev–Trinajstić information content (AvgIpc) is 2.77. The zero-order valence-corrected chi connectivity index (χ0v) is 18.4. The van der Waals surface area contributed by atoms with Crippen LogP contribution < -0.4 is 0 Å². The maximum Gasteiger partial charge on any atom is 0.416 e. The fourth-order valence-corrected chi connectivity index (χ4v) is 3.94. The Balaban J connectivity index is 1.61. The summed E-state index contributed by atoms with van der Waals surface area (Å²) in [5.74, 6) is 0. The highest BCUT2D eigenvalue weighted by atomic mass is 19.4. The van der Waals surface area contributed by atoms with Crippen LogP contribution in [0.25, 0.3) is 33.4 Å². The molecule has 4 aromatic carbocycles. The van der Waals surface area contributed by atoms with E-state index in [0.717, 1.165) is 35.4 Å². The molecule has 0 spiro atoms. The average molecular weight is 470 g/mol. The van der Waals surface area contributed by atoms with Crippen LogP contribution in [0.3, 0.4) is 0 Å². The maximum atomic E-state index is 13.2. The van der Waals surface area contributed by atoms with E-state index in [4.69, 9.17) is 0 Å². The van der Waals surface area contributed by atoms with Gasteiger partial charge >= 0.3 is 12.4 Å². The quantitative estimate of drug-likeness (QED) is 0.262. The van der Waals surface area contributed by atoms with Crippen molar-refractivity contribution in [2.75, 3.05) is 0 Å². The fourth-order valence-electron chi connectivity index (χ4n) is 3.94. The molecule has 4 rings (SSSR count). The number of halogens is 6. The van der Waals surface area contributed by atoms with Crippen LogP contribution in [-0.2, 0) is 12.4 Å². The van der Waals surface area contributed by atoms with Crippen molar-refractivity contribution in [1.29, 1.82) is 0 Å². The minimum atomic E-state index is -4.42. The minimum absolute atomic E-state index is 0.481. The SMILES string of the molecule is Cc1cc(-c2ccc(-c3ccc(-c4cc(C)cc(C(F)(F)F)c4)cc3)cc2)cc(C(F)(F)F)c1. The third-order valence-electron chi connectivity index (χ3n) is 5.58. The molecule has 4 aromatic rings. The van der Waals surface area contributed by atoms with Crippen molar-refractivity contribution >= 4 is 0 Å². The number of hydrogen-bond acceptors (Lipinski definition) is 0. The number of benzene rings is 4. The van der Waals surface area contributed by atoms with Gasteiger partial charge in [0, 0.05) is 0 Å². The summed E-state index contributed by atoms with van der Waals surface area (Å²) in [4.78, 5) is 0. The first-order valence-electron chi connectivity index (χ1n) is 10.5. The fraction of sp³-hybridized carbons (Fsp3) is 0.143. The Morgan fingerprint density at radius 1 is 0.382 bits per heavy atom. The summed E-state index contributed by atoms with van der Waals surface area (Å²) in [6, 6.07) is 22.2. The highest BCUT2D eigenvalue weighted by Crippen LogP contribution is 2.35. The predicted octanol–water partition coefficient (Wildman–Crippen LogP) is 9.34. The van der Waals surface area contributed by atoms with Crippen LogP contribution in [0.2, 0.25) is 0 Å². The van der Waals surface area contributed by atoms with Gasteiger partial charge in [-0.25, -0.2) is 0 Å². The molecule has 0 unspecified atom stereocenters. The molecule has 0 radical (unpaired) electrons. The van der Waals surface area contributed by atoms with Gasteiger partial charge in [-0.1, -0.05) is 60.7 Å². The van der Waals surface area contributed by atoms with E-state index in [-0.39, 0.29) is 0 Å². The van der Waals surface area contributed by atoms with Crippen molar-refractivity contribution in [2.24, 2.45) is 0 Å². The first-order chi connectivity index (χ1) is 15.9. The molecular weight excluding hydrogens is 450 g/mol. The molecule has 0 aromatic heterocycles. The topological polar surface area (TPSA) is 0 Å². The van der Waals surface area contributed by atoms with Gasteiger partial charge in [-0.05, 0) is 82.6 Å². The van der Waals surface area contributed by atoms with Crippen molar-refractivity contribution < 1.29 is 26.3 Å². The van der Waals surface area contributed by atoms with Crippen LogP contribution in [0.5, 0.6) is 0 Å². The summed E-state index contributed by atoms with van der Waals surface area (Å²) >= 11 is 0. The summed E-state index contributed by atoms with van der Waals surface area (Å²) in [6.07, 6.45) is -8.83. The molecule has 0 heterocycles. The lowest BCUT2D eigenvalue weighted by atomic mass is 9.95. The lowest BCUT2D eigenvalue weighted by Crippen LogP contribution is -2.05. The standard InChI is InChI=1S/C28H20F6/c1-17-11-23(15-25(13-17)27(29,30)31)21-7-3-19(4-8-21)20-5-9-22(10-6-20)24-12-18(2)14-26(16-24)28(32,33)34/h3-16H,1-2H3. The van der Waals surface area contributed by atoms with E-state index in [2.05, 4.69) is 0 Å². The van der Waals surface area contributed by atoms with Gasteiger partial charge in [-0.3, -0.25) is 0 Å². The van der Waals surface area contributed by atoms with Gasteiger partial charge < -0.3 is 0 Å². The number of rotatable bonds is 3. The van der Waals surface area contributed by atoms with Gasteiger partial charge in [0.25, 0.3) is 0 Å². The summed E-state index contributed by atoms with van der Waals surface area (Å²) < 4.78 is 78.9. The summed E-state index contributed by atoms with van der Waals surface area (Å²) in [5, 5.41) is 0. The zero-order valence-electron chi connectivity index (χ0n) is 18.4. The monoisotopic (exact) mass is 470 g/mol. The molecule has 0 bridgehead atoms. The molecule has 0 saturated carbocycles. The van der Waals surface area contributed by atoms with Crippen LogP contribution >= 0.6 is 0 Å². The Hall–Kier alpha value is -3.54. The van der Waals surface area contributed by atoms with E-state index in [0.29, 0.717) is 33.4 Å². The van der Waals surface area contributed by atoms with Crippen molar-refractivity contribution in [2.45, 2.75) is 26.2 Å². The molecule has 0 aliphatic rings. The smallest absolute Gasteiger partial charge is 0.166 e. The molecule has 0 aliphatic heterocycles. The Morgan fingerprint density at radius 3 is 0.912 bits per heavy atom. The third kappa shape index (κ3) is 5.16. The molecule has 34 heavy (non-hydrogen) atoms. The summed E-state index contributed by atoms with van der Waals surface area (Å²) in [6.45, 7) is 3.25. The number of hydrogen-bond donors (Lipinski definition) is 0. The van der Waals surface area contributed by atoms with Crippen molar-refractivity contribution in [3.63, 3.8) is 0 Å². The van der Waals surface area contributed by atoms with Crippen LogP contribution in [0.1, 0.15) is 22.3 Å². The number of alkyl halides is 6. The van der Waals surface area contributed by atoms with Gasteiger partial charge in [0.2, 0.25) is 0 Å². The normalized spacial score (nSPS) is 12.1. The maximum absolute atomic E-state index is 13.2. The van der Waals surface area contributed by atoms with Crippen LogP contribution in [-0.4, -0.2) is 0 Å². The molecule has 0 nitrogen and oxygen atoms in total. The van der Waals surface area contributed by atoms with Crippen LogP contribution in [0, 0.1) is 13.8 Å². The summed E-state index contributed by atoms with van der Waals surface area (Å²) in [7, 11) is 0. The summed E-state index contributed by atoms with van der Waals surface area (Å²) in [5.41, 5.74) is 3.65. The van der Waals surface area contributed by atoms with Crippen molar-refractivity contribution in [3.8, 4) is 33.4 Å². The predicted molar refractivity (Wildman–Crippen MR) is 122 cm³/mol. The molecule has 174 valence electrons. The molecule has 6 heteroatoms. The van der Waals surface area contributed by atoms with Gasteiger partial charge in [-0.2, -0.15) is 26.3 Å². The molecule has 0 N–H and O–H groups in total. The molecule has 0 fully saturated rings. The Bertz CT molecular complexity index is 1210. The van der Waals surface area contributed by atoms with Gasteiger partial charge in [0.15, 0.2) is 0 Å². The van der Waals surface area contributed by atoms with E-state index in [1.54, 1.807) is 50.2 Å². The second kappa shape index (κ2) is 8.67. The van der Waals surface area contributed by atoms with Crippen molar-refractivity contribution in [1.82, 2.24) is 0 Å². The second-order valence-corrected chi connectivity index (χ2v) is 8.33. The van der Waals surface area contributed by atoms with Gasteiger partial charge in [0.1, 0.15) is 0 Å². The van der Waals surface area contributed by atoms with E-state index in [9.17, 15) is 26.3 Å². The first-order valence-corrected chi connectivity index (χ1v) is 10.5. The second-order valence-electron chi connectivity index (χ2n) is 8.33. The lowest BCUT2D eigenvalue weighted by molar-refractivity contribution is -0.138. The van der Waals surface area contributed by atoms with E-state index in [1.165, 1.54) is 0 Å². The zero-order chi connectivity index (χ0) is 24.7. The Morgan fingerprint density at radius 2 is 0.647 bits per heavy atom. The van der Waals surface area contributed by atoms with Crippen molar-refractivity contribution in [3.05, 3.63) is 107 Å². The lowest BCUT2D eigenvalue weighted by Gasteiger charge is -2.12. The van der Waals surface area contributed by atoms with E-state index < -0.39 is 23.5 Å². The third-order valence-corrected chi connectivity index (χ3v) is 5.58.